The van der Waals surface area contributed by atoms with Crippen molar-refractivity contribution in [3.05, 3.63) is 11.4 Å². The maximum Gasteiger partial charge on any atom is 0.172 e. The average Bonchev–Trinajstić information content (AvgIpc) is 2.58. The van der Waals surface area contributed by atoms with Crippen LogP contribution in [0.2, 0.25) is 0 Å². The van der Waals surface area contributed by atoms with Gasteiger partial charge in [-0.15, -0.1) is 5.10 Å². The zero-order valence-electron chi connectivity index (χ0n) is 8.10. The van der Waals surface area contributed by atoms with E-state index in [2.05, 4.69) is 17.2 Å². The van der Waals surface area contributed by atoms with Crippen LogP contribution in [-0.4, -0.2) is 21.3 Å². The number of carbonyl (C=O) groups excluding carboxylic acids is 1. The summed E-state index contributed by atoms with van der Waals surface area (Å²) in [6.07, 6.45) is 3.45. The van der Waals surface area contributed by atoms with Crippen LogP contribution >= 0.6 is 0 Å². The molecule has 0 radical (unpaired) electrons. The van der Waals surface area contributed by atoms with Gasteiger partial charge in [-0.25, -0.2) is 4.68 Å². The highest BCUT2D eigenvalue weighted by atomic mass is 16.1. The van der Waals surface area contributed by atoms with E-state index in [9.17, 15) is 4.79 Å². The van der Waals surface area contributed by atoms with E-state index in [0.717, 1.165) is 25.0 Å². The number of aldehydes is 1. The fourth-order valence-electron chi connectivity index (χ4n) is 1.23. The molecule has 0 N–H and O–H groups in total. The van der Waals surface area contributed by atoms with Gasteiger partial charge in [-0.2, -0.15) is 5.26 Å². The largest absolute Gasteiger partial charge is 0.296 e. The lowest BCUT2D eigenvalue weighted by atomic mass is 10.2. The number of rotatable bonds is 5. The van der Waals surface area contributed by atoms with Crippen molar-refractivity contribution in [2.24, 2.45) is 0 Å². The van der Waals surface area contributed by atoms with Gasteiger partial charge >= 0.3 is 0 Å². The summed E-state index contributed by atoms with van der Waals surface area (Å²) in [5.41, 5.74) is 1.12. The summed E-state index contributed by atoms with van der Waals surface area (Å²) in [6.45, 7) is 2.22. The normalized spacial score (nSPS) is 9.71. The van der Waals surface area contributed by atoms with Gasteiger partial charge in [-0.3, -0.25) is 4.79 Å². The molecule has 0 bridgehead atoms. The van der Waals surface area contributed by atoms with E-state index in [4.69, 9.17) is 5.26 Å². The second-order valence-corrected chi connectivity index (χ2v) is 2.96. The van der Waals surface area contributed by atoms with Crippen molar-refractivity contribution in [2.45, 2.75) is 32.7 Å². The van der Waals surface area contributed by atoms with Crippen molar-refractivity contribution < 1.29 is 4.79 Å². The molecule has 1 aromatic rings. The number of unbranched alkanes of at least 4 members (excludes halogenated alkanes) is 1. The Morgan fingerprint density at radius 2 is 2.43 bits per heavy atom. The topological polar surface area (TPSA) is 71.6 Å². The molecule has 5 nitrogen and oxygen atoms in total. The molecule has 0 unspecified atom stereocenters. The summed E-state index contributed by atoms with van der Waals surface area (Å²) in [5.74, 6) is 0. The summed E-state index contributed by atoms with van der Waals surface area (Å²) in [6, 6.07) is 1.98. The standard InChI is InChI=1S/C9H12N4O/c1-2-3-4-9-8(7-14)11-12-13(9)6-5-10/h7H,2-4,6H2,1H3. The third-order valence-corrected chi connectivity index (χ3v) is 1.97. The predicted octanol–water partition coefficient (Wildman–Crippen LogP) is 0.957. The Morgan fingerprint density at radius 3 is 3.00 bits per heavy atom. The van der Waals surface area contributed by atoms with E-state index in [0.29, 0.717) is 12.0 Å². The minimum Gasteiger partial charge on any atom is -0.296 e. The lowest BCUT2D eigenvalue weighted by molar-refractivity contribution is 0.111. The van der Waals surface area contributed by atoms with E-state index in [1.165, 1.54) is 4.68 Å². The van der Waals surface area contributed by atoms with Crippen LogP contribution in [0.1, 0.15) is 35.9 Å². The molecule has 0 spiro atoms. The molecular weight excluding hydrogens is 180 g/mol. The zero-order valence-corrected chi connectivity index (χ0v) is 8.10. The summed E-state index contributed by atoms with van der Waals surface area (Å²) in [5, 5.41) is 16.0. The van der Waals surface area contributed by atoms with Gasteiger partial charge in [-0.05, 0) is 12.8 Å². The molecule has 0 saturated carbocycles. The Kier molecular flexibility index (Phi) is 3.80. The smallest absolute Gasteiger partial charge is 0.172 e. The van der Waals surface area contributed by atoms with E-state index >= 15 is 0 Å². The summed E-state index contributed by atoms with van der Waals surface area (Å²) < 4.78 is 1.49. The molecule has 1 aromatic heterocycles. The van der Waals surface area contributed by atoms with Crippen LogP contribution in [0.25, 0.3) is 0 Å². The Labute approximate surface area is 82.3 Å². The fourth-order valence-corrected chi connectivity index (χ4v) is 1.23. The van der Waals surface area contributed by atoms with Gasteiger partial charge in [0.05, 0.1) is 11.8 Å². The molecule has 14 heavy (non-hydrogen) atoms. The van der Waals surface area contributed by atoms with Crippen molar-refractivity contribution in [1.82, 2.24) is 15.0 Å². The number of hydrogen-bond donors (Lipinski definition) is 0. The molecule has 0 amide bonds. The highest BCUT2D eigenvalue weighted by Gasteiger charge is 2.10. The van der Waals surface area contributed by atoms with Gasteiger partial charge in [0.15, 0.2) is 6.29 Å². The molecule has 0 aliphatic rings. The van der Waals surface area contributed by atoms with Crippen molar-refractivity contribution in [2.75, 3.05) is 0 Å². The Bertz CT molecular complexity index is 350. The summed E-state index contributed by atoms with van der Waals surface area (Å²) >= 11 is 0. The van der Waals surface area contributed by atoms with Gasteiger partial charge in [0.2, 0.25) is 0 Å². The maximum absolute atomic E-state index is 10.6. The molecule has 1 rings (SSSR count). The molecule has 74 valence electrons. The quantitative estimate of drug-likeness (QED) is 0.651. The van der Waals surface area contributed by atoms with Gasteiger partial charge in [0, 0.05) is 0 Å². The minimum absolute atomic E-state index is 0.153. The second-order valence-electron chi connectivity index (χ2n) is 2.96. The van der Waals surface area contributed by atoms with Gasteiger partial charge in [0.25, 0.3) is 0 Å². The van der Waals surface area contributed by atoms with E-state index in [-0.39, 0.29) is 6.54 Å². The first-order valence-electron chi connectivity index (χ1n) is 4.58. The minimum atomic E-state index is 0.153. The number of hydrogen-bond acceptors (Lipinski definition) is 4. The van der Waals surface area contributed by atoms with Crippen LogP contribution in [0.15, 0.2) is 0 Å². The molecule has 0 saturated heterocycles. The summed E-state index contributed by atoms with van der Waals surface area (Å²) in [4.78, 5) is 10.6. The van der Waals surface area contributed by atoms with Crippen molar-refractivity contribution in [3.63, 3.8) is 0 Å². The van der Waals surface area contributed by atoms with E-state index in [1.54, 1.807) is 0 Å². The highest BCUT2D eigenvalue weighted by molar-refractivity contribution is 5.73. The molecule has 0 aliphatic carbocycles. The predicted molar refractivity (Wildman–Crippen MR) is 49.6 cm³/mol. The zero-order chi connectivity index (χ0) is 10.4. The van der Waals surface area contributed by atoms with Crippen LogP contribution in [0.3, 0.4) is 0 Å². The highest BCUT2D eigenvalue weighted by Crippen LogP contribution is 2.07. The number of aromatic nitrogens is 3. The van der Waals surface area contributed by atoms with Crippen LogP contribution in [0.5, 0.6) is 0 Å². The number of carbonyl (C=O) groups is 1. The molecule has 0 atom stereocenters. The van der Waals surface area contributed by atoms with Crippen molar-refractivity contribution in [3.8, 4) is 6.07 Å². The second kappa shape index (κ2) is 5.12. The Morgan fingerprint density at radius 1 is 1.64 bits per heavy atom. The number of nitrogens with zero attached hydrogens (tertiary/aromatic N) is 4. The van der Waals surface area contributed by atoms with Crippen LogP contribution < -0.4 is 0 Å². The lowest BCUT2D eigenvalue weighted by Crippen LogP contribution is -2.05. The molecule has 0 fully saturated rings. The van der Waals surface area contributed by atoms with Gasteiger partial charge in [0.1, 0.15) is 12.2 Å². The van der Waals surface area contributed by atoms with Crippen LogP contribution in [0, 0.1) is 11.3 Å². The third-order valence-electron chi connectivity index (χ3n) is 1.97. The van der Waals surface area contributed by atoms with Crippen molar-refractivity contribution >= 4 is 6.29 Å². The molecule has 0 aromatic carbocycles. The molecular formula is C9H12N4O. The monoisotopic (exact) mass is 192 g/mol. The molecule has 0 aliphatic heterocycles. The van der Waals surface area contributed by atoms with Gasteiger partial charge in [-0.1, -0.05) is 18.6 Å². The average molecular weight is 192 g/mol. The SMILES string of the molecule is CCCCc1c(C=O)nnn1CC#N. The van der Waals surface area contributed by atoms with E-state index < -0.39 is 0 Å². The first-order valence-corrected chi connectivity index (χ1v) is 4.58. The first-order chi connectivity index (χ1) is 6.83. The summed E-state index contributed by atoms with van der Waals surface area (Å²) in [7, 11) is 0. The lowest BCUT2D eigenvalue weighted by Gasteiger charge is -2.00. The van der Waals surface area contributed by atoms with Crippen LogP contribution in [-0.2, 0) is 13.0 Å². The third kappa shape index (κ3) is 2.16. The Hall–Kier alpha value is -1.70. The first kappa shape index (κ1) is 10.4. The maximum atomic E-state index is 10.6. The Balaban J connectivity index is 2.88. The van der Waals surface area contributed by atoms with Crippen molar-refractivity contribution in [1.29, 1.82) is 5.26 Å². The number of nitriles is 1. The van der Waals surface area contributed by atoms with E-state index in [1.807, 2.05) is 6.07 Å². The van der Waals surface area contributed by atoms with Crippen LogP contribution in [0.4, 0.5) is 0 Å². The van der Waals surface area contributed by atoms with Gasteiger partial charge < -0.3 is 0 Å². The fraction of sp³-hybridized carbons (Fsp3) is 0.556. The molecule has 5 heteroatoms. The molecule has 1 heterocycles.